The maximum atomic E-state index is 12.4. The standard InChI is InChI=1S/C18H11N5OS4/c19-8-11-3-5-12(6-4-11)9-27-18-23-22-17(28-18)21-15(24)13-10-26-16(20-13)14-2-1-7-25-14/h1-7,10H,9H2,(H,21,22,24). The van der Waals surface area contributed by atoms with E-state index in [2.05, 4.69) is 26.6 Å². The number of thiazole rings is 1. The SMILES string of the molecule is N#Cc1ccc(CSc2nnc(NC(=O)c3csc(-c4cccs4)n3)s2)cc1. The first-order valence-electron chi connectivity index (χ1n) is 7.97. The van der Waals surface area contributed by atoms with Crippen molar-refractivity contribution in [3.63, 3.8) is 0 Å². The lowest BCUT2D eigenvalue weighted by Crippen LogP contribution is -2.12. The van der Waals surface area contributed by atoms with Gasteiger partial charge in [-0.2, -0.15) is 5.26 Å². The molecule has 0 aliphatic carbocycles. The number of rotatable bonds is 6. The first-order chi connectivity index (χ1) is 13.7. The highest BCUT2D eigenvalue weighted by Gasteiger charge is 2.15. The van der Waals surface area contributed by atoms with Gasteiger partial charge in [-0.05, 0) is 29.1 Å². The molecule has 0 saturated heterocycles. The Morgan fingerprint density at radius 3 is 2.79 bits per heavy atom. The number of anilines is 1. The van der Waals surface area contributed by atoms with Crippen LogP contribution in [0.2, 0.25) is 0 Å². The molecule has 0 aliphatic rings. The van der Waals surface area contributed by atoms with Crippen LogP contribution in [0.25, 0.3) is 9.88 Å². The average Bonchev–Trinajstić information content (AvgIpc) is 3.47. The van der Waals surface area contributed by atoms with Gasteiger partial charge in [-0.15, -0.1) is 32.9 Å². The third-order valence-corrected chi connectivity index (χ3v) is 7.47. The molecule has 3 aromatic heterocycles. The number of nitrogens with zero attached hydrogens (tertiary/aromatic N) is 4. The number of thiophene rings is 1. The smallest absolute Gasteiger partial charge is 0.276 e. The first kappa shape index (κ1) is 18.8. The van der Waals surface area contributed by atoms with E-state index in [4.69, 9.17) is 5.26 Å². The second-order valence-electron chi connectivity index (χ2n) is 5.44. The van der Waals surface area contributed by atoms with Crippen LogP contribution < -0.4 is 5.32 Å². The molecule has 138 valence electrons. The van der Waals surface area contributed by atoms with Gasteiger partial charge in [0.05, 0.1) is 16.5 Å². The molecule has 0 bridgehead atoms. The van der Waals surface area contributed by atoms with Crippen molar-refractivity contribution in [1.29, 1.82) is 5.26 Å². The van der Waals surface area contributed by atoms with Crippen LogP contribution in [0.1, 0.15) is 21.6 Å². The van der Waals surface area contributed by atoms with Gasteiger partial charge in [0.25, 0.3) is 5.91 Å². The molecule has 0 atom stereocenters. The van der Waals surface area contributed by atoms with E-state index in [1.807, 2.05) is 29.6 Å². The Balaban J connectivity index is 1.35. The zero-order chi connectivity index (χ0) is 19.3. The second-order valence-corrected chi connectivity index (χ2v) is 9.45. The maximum Gasteiger partial charge on any atom is 0.276 e. The van der Waals surface area contributed by atoms with Crippen LogP contribution in [0.4, 0.5) is 5.13 Å². The zero-order valence-corrected chi connectivity index (χ0v) is 17.4. The first-order valence-corrected chi connectivity index (χ1v) is 11.5. The summed E-state index contributed by atoms with van der Waals surface area (Å²) in [6.45, 7) is 0. The maximum absolute atomic E-state index is 12.4. The van der Waals surface area contributed by atoms with Gasteiger partial charge >= 0.3 is 0 Å². The summed E-state index contributed by atoms with van der Waals surface area (Å²) in [6, 6.07) is 13.5. The monoisotopic (exact) mass is 441 g/mol. The highest BCUT2D eigenvalue weighted by molar-refractivity contribution is 8.00. The van der Waals surface area contributed by atoms with Gasteiger partial charge in [0.15, 0.2) is 4.34 Å². The van der Waals surface area contributed by atoms with E-state index in [1.165, 1.54) is 34.4 Å². The Morgan fingerprint density at radius 2 is 2.04 bits per heavy atom. The van der Waals surface area contributed by atoms with Gasteiger partial charge in [0.2, 0.25) is 5.13 Å². The number of nitriles is 1. The number of carbonyl (C=O) groups excluding carboxylic acids is 1. The van der Waals surface area contributed by atoms with Gasteiger partial charge in [0.1, 0.15) is 10.7 Å². The molecule has 3 heterocycles. The summed E-state index contributed by atoms with van der Waals surface area (Å²) in [6.07, 6.45) is 0. The quantitative estimate of drug-likeness (QED) is 0.329. The topological polar surface area (TPSA) is 91.6 Å². The van der Waals surface area contributed by atoms with E-state index < -0.39 is 0 Å². The van der Waals surface area contributed by atoms with E-state index in [1.54, 1.807) is 28.8 Å². The third kappa shape index (κ3) is 4.45. The molecule has 0 radical (unpaired) electrons. The largest absolute Gasteiger partial charge is 0.295 e. The van der Waals surface area contributed by atoms with Crippen molar-refractivity contribution in [2.45, 2.75) is 10.1 Å². The molecule has 0 aliphatic heterocycles. The third-order valence-electron chi connectivity index (χ3n) is 3.54. The fourth-order valence-electron chi connectivity index (χ4n) is 2.19. The second kappa shape index (κ2) is 8.62. The van der Waals surface area contributed by atoms with Gasteiger partial charge in [-0.25, -0.2) is 4.98 Å². The summed E-state index contributed by atoms with van der Waals surface area (Å²) in [7, 11) is 0. The van der Waals surface area contributed by atoms with Crippen LogP contribution in [0, 0.1) is 11.3 Å². The van der Waals surface area contributed by atoms with Crippen LogP contribution in [0.15, 0.2) is 51.5 Å². The summed E-state index contributed by atoms with van der Waals surface area (Å²) in [5.74, 6) is 0.420. The molecule has 1 aromatic carbocycles. The Kier molecular flexibility index (Phi) is 5.78. The normalized spacial score (nSPS) is 10.5. The van der Waals surface area contributed by atoms with E-state index in [0.717, 1.165) is 19.8 Å². The molecule has 28 heavy (non-hydrogen) atoms. The fraction of sp³-hybridized carbons (Fsp3) is 0.0556. The number of aromatic nitrogens is 3. The molecule has 0 spiro atoms. The lowest BCUT2D eigenvalue weighted by Gasteiger charge is -1.98. The summed E-state index contributed by atoms with van der Waals surface area (Å²) >= 11 is 5.89. The molecule has 6 nitrogen and oxygen atoms in total. The molecule has 1 N–H and O–H groups in total. The molecule has 0 fully saturated rings. The van der Waals surface area contributed by atoms with E-state index in [9.17, 15) is 4.79 Å². The van der Waals surface area contributed by atoms with E-state index in [0.29, 0.717) is 22.1 Å². The predicted octanol–water partition coefficient (Wildman–Crippen LogP) is 5.14. The summed E-state index contributed by atoms with van der Waals surface area (Å²) < 4.78 is 0.761. The molecular formula is C18H11N5OS4. The number of hydrogen-bond acceptors (Lipinski definition) is 9. The van der Waals surface area contributed by atoms with Crippen molar-refractivity contribution < 1.29 is 4.79 Å². The number of hydrogen-bond donors (Lipinski definition) is 1. The number of benzene rings is 1. The van der Waals surface area contributed by atoms with Crippen molar-refractivity contribution in [2.24, 2.45) is 0 Å². The Labute approximate surface area is 176 Å². The molecule has 0 saturated carbocycles. The van der Waals surface area contributed by atoms with Crippen LogP contribution in [-0.2, 0) is 5.75 Å². The number of nitrogens with one attached hydrogen (secondary N) is 1. The highest BCUT2D eigenvalue weighted by atomic mass is 32.2. The van der Waals surface area contributed by atoms with Crippen LogP contribution in [-0.4, -0.2) is 21.1 Å². The zero-order valence-electron chi connectivity index (χ0n) is 14.2. The minimum atomic E-state index is -0.293. The average molecular weight is 442 g/mol. The van der Waals surface area contributed by atoms with Gasteiger partial charge in [-0.1, -0.05) is 41.3 Å². The number of carbonyl (C=O) groups is 1. The van der Waals surface area contributed by atoms with E-state index in [-0.39, 0.29) is 5.91 Å². The van der Waals surface area contributed by atoms with Crippen molar-refractivity contribution in [3.05, 3.63) is 64.0 Å². The molecule has 10 heteroatoms. The fourth-order valence-corrected chi connectivity index (χ4v) is 5.51. The van der Waals surface area contributed by atoms with Gasteiger partial charge in [0, 0.05) is 11.1 Å². The number of thioether (sulfide) groups is 1. The van der Waals surface area contributed by atoms with Crippen molar-refractivity contribution in [1.82, 2.24) is 15.2 Å². The number of amides is 1. The molecule has 4 rings (SSSR count). The lowest BCUT2D eigenvalue weighted by atomic mass is 10.2. The van der Waals surface area contributed by atoms with Crippen molar-refractivity contribution in [2.75, 3.05) is 5.32 Å². The van der Waals surface area contributed by atoms with E-state index >= 15 is 0 Å². The highest BCUT2D eigenvalue weighted by Crippen LogP contribution is 2.30. The molecule has 0 unspecified atom stereocenters. The minimum absolute atomic E-state index is 0.293. The van der Waals surface area contributed by atoms with Crippen molar-refractivity contribution >= 4 is 56.8 Å². The Morgan fingerprint density at radius 1 is 1.18 bits per heavy atom. The summed E-state index contributed by atoms with van der Waals surface area (Å²) in [5.41, 5.74) is 2.10. The van der Waals surface area contributed by atoms with Crippen LogP contribution in [0.3, 0.4) is 0 Å². The summed E-state index contributed by atoms with van der Waals surface area (Å²) in [5, 5.41) is 24.7. The Bertz CT molecular complexity index is 1130. The van der Waals surface area contributed by atoms with Crippen LogP contribution in [0.5, 0.6) is 0 Å². The Hall–Kier alpha value is -2.58. The van der Waals surface area contributed by atoms with Crippen LogP contribution >= 0.6 is 45.8 Å². The predicted molar refractivity (Wildman–Crippen MR) is 114 cm³/mol. The molecule has 4 aromatic rings. The van der Waals surface area contributed by atoms with Gasteiger partial charge < -0.3 is 0 Å². The van der Waals surface area contributed by atoms with Crippen molar-refractivity contribution in [3.8, 4) is 16.0 Å². The minimum Gasteiger partial charge on any atom is -0.295 e. The molecule has 1 amide bonds. The summed E-state index contributed by atoms with van der Waals surface area (Å²) in [4.78, 5) is 17.8. The molecular weight excluding hydrogens is 431 g/mol. The lowest BCUT2D eigenvalue weighted by molar-refractivity contribution is 0.102. The van der Waals surface area contributed by atoms with Gasteiger partial charge in [-0.3, -0.25) is 10.1 Å².